The summed E-state index contributed by atoms with van der Waals surface area (Å²) in [7, 11) is -3.50. The average Bonchev–Trinajstić information content (AvgIpc) is 3.09. The number of hydrogen-bond donors (Lipinski definition) is 0. The smallest absolute Gasteiger partial charge is 0.269 e. The van der Waals surface area contributed by atoms with Crippen LogP contribution in [0.5, 0.6) is 0 Å². The van der Waals surface area contributed by atoms with Gasteiger partial charge in [-0.25, -0.2) is 12.4 Å². The highest BCUT2D eigenvalue weighted by Gasteiger charge is 2.29. The molecule has 1 aliphatic heterocycles. The van der Waals surface area contributed by atoms with Crippen molar-refractivity contribution in [1.82, 2.24) is 13.2 Å². The van der Waals surface area contributed by atoms with Gasteiger partial charge in [-0.15, -0.1) is 0 Å². The van der Waals surface area contributed by atoms with Crippen molar-refractivity contribution in [3.63, 3.8) is 0 Å². The average molecular weight is 446 g/mol. The van der Waals surface area contributed by atoms with Crippen molar-refractivity contribution in [2.45, 2.75) is 37.8 Å². The van der Waals surface area contributed by atoms with Gasteiger partial charge in [-0.3, -0.25) is 9.69 Å². The van der Waals surface area contributed by atoms with Gasteiger partial charge in [0.1, 0.15) is 0 Å². The van der Waals surface area contributed by atoms with Crippen molar-refractivity contribution in [2.75, 3.05) is 26.2 Å². The molecule has 0 aliphatic carbocycles. The zero-order chi connectivity index (χ0) is 21.3. The van der Waals surface area contributed by atoms with Gasteiger partial charge in [0.25, 0.3) is 5.56 Å². The van der Waals surface area contributed by atoms with Crippen molar-refractivity contribution in [3.05, 3.63) is 64.4 Å². The second kappa shape index (κ2) is 8.63. The van der Waals surface area contributed by atoms with Crippen LogP contribution in [0.1, 0.15) is 31.7 Å². The molecule has 0 saturated carbocycles. The molecule has 2 heterocycles. The molecule has 30 heavy (non-hydrogen) atoms. The Labute approximate surface area is 181 Å². The van der Waals surface area contributed by atoms with Crippen molar-refractivity contribution >= 4 is 31.6 Å². The van der Waals surface area contributed by atoms with E-state index in [2.05, 4.69) is 18.7 Å². The van der Waals surface area contributed by atoms with Crippen LogP contribution in [-0.2, 0) is 16.7 Å². The van der Waals surface area contributed by atoms with Crippen LogP contribution >= 0.6 is 11.5 Å². The molecular formula is C22H27N3O3S2. The van der Waals surface area contributed by atoms with Crippen LogP contribution in [0.3, 0.4) is 0 Å². The fraction of sp³-hybridized carbons (Fsp3) is 0.409. The minimum absolute atomic E-state index is 0.0204. The van der Waals surface area contributed by atoms with E-state index in [1.165, 1.54) is 11.5 Å². The van der Waals surface area contributed by atoms with Crippen LogP contribution in [0.15, 0.2) is 58.2 Å². The highest BCUT2D eigenvalue weighted by Crippen LogP contribution is 2.23. The van der Waals surface area contributed by atoms with Crippen molar-refractivity contribution in [1.29, 1.82) is 0 Å². The Hall–Kier alpha value is -2.00. The monoisotopic (exact) mass is 445 g/mol. The van der Waals surface area contributed by atoms with Gasteiger partial charge < -0.3 is 0 Å². The van der Waals surface area contributed by atoms with E-state index in [-0.39, 0.29) is 5.56 Å². The largest absolute Gasteiger partial charge is 0.282 e. The van der Waals surface area contributed by atoms with Crippen molar-refractivity contribution in [2.24, 2.45) is 0 Å². The minimum Gasteiger partial charge on any atom is -0.282 e. The minimum atomic E-state index is -3.50. The van der Waals surface area contributed by atoms with Crippen LogP contribution in [0, 0.1) is 0 Å². The zero-order valence-electron chi connectivity index (χ0n) is 17.3. The summed E-state index contributed by atoms with van der Waals surface area (Å²) >= 11 is 1.46. The molecule has 0 radical (unpaired) electrons. The fourth-order valence-electron chi connectivity index (χ4n) is 3.76. The van der Waals surface area contributed by atoms with Gasteiger partial charge in [-0.2, -0.15) is 4.31 Å². The summed E-state index contributed by atoms with van der Waals surface area (Å²) in [6, 6.07) is 14.9. The molecule has 1 atom stereocenters. The van der Waals surface area contributed by atoms with Gasteiger partial charge in [0.05, 0.1) is 21.7 Å². The first kappa shape index (κ1) is 21.2. The molecule has 1 unspecified atom stereocenters. The Balaban J connectivity index is 1.42. The molecule has 0 bridgehead atoms. The number of nitrogens with zero attached hydrogens (tertiary/aromatic N) is 3. The molecule has 6 nitrogen and oxygen atoms in total. The molecule has 1 aliphatic rings. The standard InChI is InChI=1S/C22H27N3O3S2/c1-3-17(2)18-8-10-19(11-9-18)30(27,28)24-14-12-23(13-15-24)16-25-22(26)20-6-4-5-7-21(20)29-25/h4-11,17H,3,12-16H2,1-2H3. The maximum Gasteiger partial charge on any atom is 0.269 e. The normalized spacial score (nSPS) is 17.4. The predicted octanol–water partition coefficient (Wildman–Crippen LogP) is 3.54. The lowest BCUT2D eigenvalue weighted by Gasteiger charge is -2.33. The third kappa shape index (κ3) is 4.09. The van der Waals surface area contributed by atoms with Gasteiger partial charge in [0, 0.05) is 26.2 Å². The highest BCUT2D eigenvalue weighted by atomic mass is 32.2. The lowest BCUT2D eigenvalue weighted by Crippen LogP contribution is -2.49. The maximum absolute atomic E-state index is 13.0. The Bertz CT molecular complexity index is 1170. The maximum atomic E-state index is 13.0. The van der Waals surface area contributed by atoms with E-state index in [9.17, 15) is 13.2 Å². The van der Waals surface area contributed by atoms with Crippen LogP contribution in [0.25, 0.3) is 10.1 Å². The number of sulfonamides is 1. The molecule has 1 aromatic heterocycles. The summed E-state index contributed by atoms with van der Waals surface area (Å²) in [5.41, 5.74) is 1.18. The van der Waals surface area contributed by atoms with Gasteiger partial charge in [-0.1, -0.05) is 49.6 Å². The van der Waals surface area contributed by atoms with Gasteiger partial charge in [-0.05, 0) is 42.2 Å². The lowest BCUT2D eigenvalue weighted by atomic mass is 9.99. The molecule has 8 heteroatoms. The van der Waals surface area contributed by atoms with E-state index < -0.39 is 10.0 Å². The Morgan fingerprint density at radius 3 is 2.30 bits per heavy atom. The van der Waals surface area contributed by atoms with Gasteiger partial charge in [0.15, 0.2) is 0 Å². The fourth-order valence-corrected chi connectivity index (χ4v) is 6.21. The molecule has 3 aromatic rings. The van der Waals surface area contributed by atoms with E-state index in [1.807, 2.05) is 36.4 Å². The molecular weight excluding hydrogens is 418 g/mol. The summed E-state index contributed by atoms with van der Waals surface area (Å²) in [6.45, 7) is 6.82. The topological polar surface area (TPSA) is 62.6 Å². The number of aromatic nitrogens is 1. The molecule has 4 rings (SSSR count). The number of benzene rings is 2. The number of fused-ring (bicyclic) bond motifs is 1. The molecule has 0 amide bonds. The molecule has 160 valence electrons. The van der Waals surface area contributed by atoms with E-state index in [4.69, 9.17) is 0 Å². The second-order valence-electron chi connectivity index (χ2n) is 7.81. The SMILES string of the molecule is CCC(C)c1ccc(S(=O)(=O)N2CCN(Cn3sc4ccccc4c3=O)CC2)cc1. The first-order valence-corrected chi connectivity index (χ1v) is 12.5. The van der Waals surface area contributed by atoms with Crippen molar-refractivity contribution in [3.8, 4) is 0 Å². The second-order valence-corrected chi connectivity index (χ2v) is 10.8. The number of hydrogen-bond acceptors (Lipinski definition) is 5. The molecule has 0 N–H and O–H groups in total. The Morgan fingerprint density at radius 2 is 1.67 bits per heavy atom. The Morgan fingerprint density at radius 1 is 1.00 bits per heavy atom. The quantitative estimate of drug-likeness (QED) is 0.582. The first-order valence-electron chi connectivity index (χ1n) is 10.3. The van der Waals surface area contributed by atoms with E-state index in [0.717, 1.165) is 22.1 Å². The lowest BCUT2D eigenvalue weighted by molar-refractivity contribution is 0.156. The van der Waals surface area contributed by atoms with Crippen LogP contribution in [0.2, 0.25) is 0 Å². The molecule has 0 spiro atoms. The van der Waals surface area contributed by atoms with Gasteiger partial charge in [0.2, 0.25) is 10.0 Å². The summed E-state index contributed by atoms with van der Waals surface area (Å²) in [4.78, 5) is 15.0. The van der Waals surface area contributed by atoms with Crippen molar-refractivity contribution < 1.29 is 8.42 Å². The summed E-state index contributed by atoms with van der Waals surface area (Å²) in [6.07, 6.45) is 1.02. The van der Waals surface area contributed by atoms with Crippen LogP contribution in [0.4, 0.5) is 0 Å². The van der Waals surface area contributed by atoms with E-state index >= 15 is 0 Å². The molecule has 1 fully saturated rings. The first-order chi connectivity index (χ1) is 14.4. The van der Waals surface area contributed by atoms with Crippen LogP contribution < -0.4 is 5.56 Å². The number of rotatable bonds is 6. The summed E-state index contributed by atoms with van der Waals surface area (Å²) in [5.74, 6) is 0.419. The zero-order valence-corrected chi connectivity index (χ0v) is 19.0. The predicted molar refractivity (Wildman–Crippen MR) is 122 cm³/mol. The highest BCUT2D eigenvalue weighted by molar-refractivity contribution is 7.89. The summed E-state index contributed by atoms with van der Waals surface area (Å²) < 4.78 is 30.3. The van der Waals surface area contributed by atoms with Gasteiger partial charge >= 0.3 is 0 Å². The summed E-state index contributed by atoms with van der Waals surface area (Å²) in [5, 5.41) is 0.740. The number of piperazine rings is 1. The van der Waals surface area contributed by atoms with Crippen LogP contribution in [-0.4, -0.2) is 47.8 Å². The Kier molecular flexibility index (Phi) is 6.11. The van der Waals surface area contributed by atoms with E-state index in [1.54, 1.807) is 20.4 Å². The van der Waals surface area contributed by atoms with E-state index in [0.29, 0.717) is 43.7 Å². The third-order valence-corrected chi connectivity index (χ3v) is 8.88. The molecule has 2 aromatic carbocycles. The third-order valence-electron chi connectivity index (χ3n) is 5.91. The molecule has 1 saturated heterocycles.